The third-order valence-corrected chi connectivity index (χ3v) is 3.64. The zero-order chi connectivity index (χ0) is 17.7. The number of carbonyl (C=O) groups is 2. The monoisotopic (exact) mass is 348 g/mol. The highest BCUT2D eigenvalue weighted by molar-refractivity contribution is 6.31. The van der Waals surface area contributed by atoms with Crippen LogP contribution in [0.25, 0.3) is 0 Å². The van der Waals surface area contributed by atoms with E-state index in [2.05, 4.69) is 5.32 Å². The molecule has 7 heteroatoms. The summed E-state index contributed by atoms with van der Waals surface area (Å²) in [6.45, 7) is 1.38. The van der Waals surface area contributed by atoms with Crippen molar-refractivity contribution >= 4 is 34.9 Å². The number of aryl methyl sites for hydroxylation is 1. The molecule has 0 fully saturated rings. The number of rotatable bonds is 5. The van der Waals surface area contributed by atoms with Crippen LogP contribution in [-0.2, 0) is 9.53 Å². The maximum atomic E-state index is 12.0. The molecule has 0 saturated heterocycles. The summed E-state index contributed by atoms with van der Waals surface area (Å²) < 4.78 is 10.1. The number of nitrogen functional groups attached to an aromatic ring is 1. The predicted octanol–water partition coefficient (Wildman–Crippen LogP) is 3.03. The first kappa shape index (κ1) is 17.6. The molecule has 0 unspecified atom stereocenters. The quantitative estimate of drug-likeness (QED) is 0.640. The predicted molar refractivity (Wildman–Crippen MR) is 92.5 cm³/mol. The molecule has 0 saturated carbocycles. The summed E-state index contributed by atoms with van der Waals surface area (Å²) in [6, 6.07) is 9.51. The van der Waals surface area contributed by atoms with Crippen molar-refractivity contribution in [3.8, 4) is 5.75 Å². The number of carbonyl (C=O) groups excluding carboxylic acids is 2. The van der Waals surface area contributed by atoms with Gasteiger partial charge in [-0.3, -0.25) is 4.79 Å². The van der Waals surface area contributed by atoms with Crippen molar-refractivity contribution < 1.29 is 19.1 Å². The molecule has 1 amide bonds. The summed E-state index contributed by atoms with van der Waals surface area (Å²) in [6.07, 6.45) is 0. The second-order valence-corrected chi connectivity index (χ2v) is 5.46. The third-order valence-electron chi connectivity index (χ3n) is 3.24. The fourth-order valence-corrected chi connectivity index (χ4v) is 2.10. The Morgan fingerprint density at radius 1 is 1.21 bits per heavy atom. The first-order valence-electron chi connectivity index (χ1n) is 7.07. The van der Waals surface area contributed by atoms with Crippen LogP contribution in [-0.4, -0.2) is 25.6 Å². The second kappa shape index (κ2) is 7.70. The van der Waals surface area contributed by atoms with Crippen LogP contribution >= 0.6 is 11.6 Å². The highest BCUT2D eigenvalue weighted by atomic mass is 35.5. The van der Waals surface area contributed by atoms with Gasteiger partial charge in [-0.1, -0.05) is 11.6 Å². The minimum Gasteiger partial charge on any atom is -0.495 e. The molecule has 6 nitrogen and oxygen atoms in total. The van der Waals surface area contributed by atoms with Crippen molar-refractivity contribution in [3.05, 3.63) is 52.5 Å². The summed E-state index contributed by atoms with van der Waals surface area (Å²) in [4.78, 5) is 23.8. The van der Waals surface area contributed by atoms with E-state index in [1.54, 1.807) is 31.2 Å². The minimum absolute atomic E-state index is 0.317. The number of nitrogens with one attached hydrogen (secondary N) is 1. The maximum Gasteiger partial charge on any atom is 0.338 e. The van der Waals surface area contributed by atoms with E-state index < -0.39 is 18.5 Å². The highest BCUT2D eigenvalue weighted by Crippen LogP contribution is 2.30. The van der Waals surface area contributed by atoms with Gasteiger partial charge in [0, 0.05) is 16.8 Å². The van der Waals surface area contributed by atoms with Crippen LogP contribution in [0, 0.1) is 6.92 Å². The van der Waals surface area contributed by atoms with E-state index in [-0.39, 0.29) is 0 Å². The van der Waals surface area contributed by atoms with Gasteiger partial charge in [-0.25, -0.2) is 4.79 Å². The molecule has 126 valence electrons. The lowest BCUT2D eigenvalue weighted by molar-refractivity contribution is -0.119. The summed E-state index contributed by atoms with van der Waals surface area (Å²) in [7, 11) is 1.47. The molecule has 0 radical (unpaired) electrons. The average molecular weight is 349 g/mol. The zero-order valence-corrected chi connectivity index (χ0v) is 14.0. The summed E-state index contributed by atoms with van der Waals surface area (Å²) in [5, 5.41) is 3.15. The number of methoxy groups -OCH3 is 1. The topological polar surface area (TPSA) is 90.6 Å². The molecule has 2 aromatic rings. The summed E-state index contributed by atoms with van der Waals surface area (Å²) in [5.74, 6) is -0.674. The van der Waals surface area contributed by atoms with Crippen LogP contribution in [0.3, 0.4) is 0 Å². The summed E-state index contributed by atoms with van der Waals surface area (Å²) in [5.41, 5.74) is 7.64. The van der Waals surface area contributed by atoms with Gasteiger partial charge in [-0.15, -0.1) is 0 Å². The second-order valence-electron chi connectivity index (χ2n) is 5.05. The fourth-order valence-electron chi connectivity index (χ4n) is 1.95. The molecule has 0 aliphatic rings. The highest BCUT2D eigenvalue weighted by Gasteiger charge is 2.13. The van der Waals surface area contributed by atoms with Crippen LogP contribution in [0.2, 0.25) is 5.02 Å². The Labute approximate surface area is 144 Å². The number of benzene rings is 2. The van der Waals surface area contributed by atoms with Crippen molar-refractivity contribution in [2.24, 2.45) is 0 Å². The van der Waals surface area contributed by atoms with Crippen LogP contribution < -0.4 is 15.8 Å². The van der Waals surface area contributed by atoms with E-state index in [4.69, 9.17) is 26.8 Å². The molecular weight excluding hydrogens is 332 g/mol. The van der Waals surface area contributed by atoms with Crippen LogP contribution in [0.1, 0.15) is 15.9 Å². The van der Waals surface area contributed by atoms with Gasteiger partial charge in [0.2, 0.25) is 0 Å². The number of nitrogens with two attached hydrogens (primary N) is 1. The Balaban J connectivity index is 1.97. The van der Waals surface area contributed by atoms with E-state index in [9.17, 15) is 9.59 Å². The molecule has 0 spiro atoms. The van der Waals surface area contributed by atoms with Gasteiger partial charge < -0.3 is 20.5 Å². The van der Waals surface area contributed by atoms with Crippen LogP contribution in [0.5, 0.6) is 5.75 Å². The lowest BCUT2D eigenvalue weighted by Gasteiger charge is -2.12. The Bertz CT molecular complexity index is 760. The molecule has 3 N–H and O–H groups in total. The lowest BCUT2D eigenvalue weighted by Crippen LogP contribution is -2.21. The van der Waals surface area contributed by atoms with Crippen molar-refractivity contribution in [2.45, 2.75) is 6.92 Å². The molecule has 2 rings (SSSR count). The Hall–Kier alpha value is -2.73. The third kappa shape index (κ3) is 4.39. The normalized spacial score (nSPS) is 10.1. The van der Waals surface area contributed by atoms with Gasteiger partial charge in [0.05, 0.1) is 18.4 Å². The fraction of sp³-hybridized carbons (Fsp3) is 0.176. The van der Waals surface area contributed by atoms with Crippen molar-refractivity contribution in [1.82, 2.24) is 0 Å². The first-order chi connectivity index (χ1) is 11.4. The summed E-state index contributed by atoms with van der Waals surface area (Å²) >= 11 is 6.01. The lowest BCUT2D eigenvalue weighted by atomic mass is 10.2. The smallest absolute Gasteiger partial charge is 0.338 e. The minimum atomic E-state index is -0.607. The molecular formula is C17H17ClN2O4. The van der Waals surface area contributed by atoms with E-state index in [1.807, 2.05) is 0 Å². The van der Waals surface area contributed by atoms with Crippen LogP contribution in [0.4, 0.5) is 11.4 Å². The number of ether oxygens (including phenoxy) is 2. The Kier molecular flexibility index (Phi) is 5.65. The number of amides is 1. The number of esters is 1. The van der Waals surface area contributed by atoms with Gasteiger partial charge in [0.25, 0.3) is 5.91 Å². The van der Waals surface area contributed by atoms with E-state index >= 15 is 0 Å². The Morgan fingerprint density at radius 3 is 2.50 bits per heavy atom. The molecule has 0 bridgehead atoms. The van der Waals surface area contributed by atoms with E-state index in [0.717, 1.165) is 5.56 Å². The largest absolute Gasteiger partial charge is 0.495 e. The van der Waals surface area contributed by atoms with Gasteiger partial charge >= 0.3 is 5.97 Å². The molecule has 24 heavy (non-hydrogen) atoms. The van der Waals surface area contributed by atoms with Gasteiger partial charge in [-0.2, -0.15) is 0 Å². The average Bonchev–Trinajstić information content (AvgIpc) is 2.56. The maximum absolute atomic E-state index is 12.0. The van der Waals surface area contributed by atoms with Crippen molar-refractivity contribution in [3.63, 3.8) is 0 Å². The molecule has 2 aromatic carbocycles. The van der Waals surface area contributed by atoms with Crippen molar-refractivity contribution in [2.75, 3.05) is 24.8 Å². The van der Waals surface area contributed by atoms with E-state index in [1.165, 1.54) is 19.2 Å². The van der Waals surface area contributed by atoms with Gasteiger partial charge in [-0.05, 0) is 42.8 Å². The molecule has 0 aliphatic heterocycles. The standard InChI is InChI=1S/C17H17ClN2O4/c1-10-7-14(15(23-2)8-13(10)18)20-16(21)9-24-17(22)11-3-5-12(19)6-4-11/h3-8H,9,19H2,1-2H3,(H,20,21). The number of hydrogen-bond acceptors (Lipinski definition) is 5. The van der Waals surface area contributed by atoms with E-state index in [0.29, 0.717) is 27.7 Å². The number of anilines is 2. The zero-order valence-electron chi connectivity index (χ0n) is 13.3. The molecule has 0 atom stereocenters. The SMILES string of the molecule is COc1cc(Cl)c(C)cc1NC(=O)COC(=O)c1ccc(N)cc1. The number of halogens is 1. The Morgan fingerprint density at radius 2 is 1.88 bits per heavy atom. The molecule has 0 aromatic heterocycles. The van der Waals surface area contributed by atoms with Crippen molar-refractivity contribution in [1.29, 1.82) is 0 Å². The molecule has 0 aliphatic carbocycles. The van der Waals surface area contributed by atoms with Gasteiger partial charge in [0.1, 0.15) is 5.75 Å². The first-order valence-corrected chi connectivity index (χ1v) is 7.45. The number of hydrogen-bond donors (Lipinski definition) is 2. The molecule has 0 heterocycles. The van der Waals surface area contributed by atoms with Gasteiger partial charge in [0.15, 0.2) is 6.61 Å². The van der Waals surface area contributed by atoms with Crippen LogP contribution in [0.15, 0.2) is 36.4 Å².